The first-order valence-electron chi connectivity index (χ1n) is 5.50. The number of rotatable bonds is 4. The van der Waals surface area contributed by atoms with E-state index >= 15 is 0 Å². The van der Waals surface area contributed by atoms with Crippen molar-refractivity contribution < 1.29 is 14.3 Å². The molecule has 0 spiro atoms. The first-order chi connectivity index (χ1) is 8.66. The van der Waals surface area contributed by atoms with Gasteiger partial charge in [-0.15, -0.1) is 11.3 Å². The van der Waals surface area contributed by atoms with Crippen molar-refractivity contribution >= 4 is 23.1 Å². The molecule has 4 heteroatoms. The smallest absolute Gasteiger partial charge is 0.308 e. The first kappa shape index (κ1) is 12.5. The van der Waals surface area contributed by atoms with Gasteiger partial charge in [0.2, 0.25) is 0 Å². The number of benzene rings is 1. The highest BCUT2D eigenvalue weighted by atomic mass is 32.1. The van der Waals surface area contributed by atoms with Crippen LogP contribution in [0.4, 0.5) is 0 Å². The van der Waals surface area contributed by atoms with Crippen molar-refractivity contribution in [2.45, 2.75) is 13.3 Å². The van der Waals surface area contributed by atoms with E-state index in [9.17, 15) is 9.59 Å². The second kappa shape index (κ2) is 5.60. The molecule has 92 valence electrons. The molecule has 2 aromatic rings. The summed E-state index contributed by atoms with van der Waals surface area (Å²) in [5, 5.41) is 1.93. The number of thiophene rings is 1. The Hall–Kier alpha value is -1.94. The Morgan fingerprint density at radius 1 is 1.17 bits per heavy atom. The van der Waals surface area contributed by atoms with Crippen molar-refractivity contribution in [3.8, 4) is 5.75 Å². The zero-order valence-electron chi connectivity index (χ0n) is 9.88. The Bertz CT molecular complexity index is 558. The summed E-state index contributed by atoms with van der Waals surface area (Å²) >= 11 is 1.54. The van der Waals surface area contributed by atoms with Crippen molar-refractivity contribution in [2.24, 2.45) is 0 Å². The molecule has 1 aromatic heterocycles. The average molecular weight is 260 g/mol. The van der Waals surface area contributed by atoms with Gasteiger partial charge in [0.25, 0.3) is 0 Å². The molecule has 0 atom stereocenters. The molecule has 1 heterocycles. The van der Waals surface area contributed by atoms with Crippen LogP contribution in [0, 0.1) is 0 Å². The van der Waals surface area contributed by atoms with Crippen molar-refractivity contribution in [3.63, 3.8) is 0 Å². The summed E-state index contributed by atoms with van der Waals surface area (Å²) < 4.78 is 5.03. The van der Waals surface area contributed by atoms with E-state index in [-0.39, 0.29) is 5.78 Å². The summed E-state index contributed by atoms with van der Waals surface area (Å²) in [6.45, 7) is 1.32. The molecule has 0 saturated carbocycles. The van der Waals surface area contributed by atoms with E-state index in [4.69, 9.17) is 4.74 Å². The summed E-state index contributed by atoms with van der Waals surface area (Å²) in [6.07, 6.45) is 0.329. The predicted octanol–water partition coefficient (Wildman–Crippen LogP) is 3.10. The topological polar surface area (TPSA) is 43.4 Å². The number of carbonyl (C=O) groups excluding carboxylic acids is 2. The van der Waals surface area contributed by atoms with Gasteiger partial charge >= 0.3 is 5.97 Å². The molecule has 2 rings (SSSR count). The molecular formula is C14H12O3S. The van der Waals surface area contributed by atoms with Crippen molar-refractivity contribution in [1.82, 2.24) is 0 Å². The number of ether oxygens (including phenoxy) is 1. The second-order valence-corrected chi connectivity index (χ2v) is 4.80. The molecule has 0 unspecified atom stereocenters. The highest BCUT2D eigenvalue weighted by Gasteiger charge is 2.14. The number of hydrogen-bond donors (Lipinski definition) is 0. The lowest BCUT2D eigenvalue weighted by atomic mass is 10.1. The second-order valence-electron chi connectivity index (χ2n) is 3.77. The van der Waals surface area contributed by atoms with Gasteiger partial charge in [-0.05, 0) is 23.6 Å². The van der Waals surface area contributed by atoms with Gasteiger partial charge in [0, 0.05) is 18.2 Å². The molecule has 0 bridgehead atoms. The quantitative estimate of drug-likeness (QED) is 0.482. The SMILES string of the molecule is CC(=O)Oc1ccccc1C(=O)Cc1cccs1. The predicted molar refractivity (Wildman–Crippen MR) is 70.1 cm³/mol. The third-order valence-electron chi connectivity index (χ3n) is 2.36. The van der Waals surface area contributed by atoms with Crippen LogP contribution in [-0.4, -0.2) is 11.8 Å². The number of hydrogen-bond acceptors (Lipinski definition) is 4. The molecular weight excluding hydrogens is 248 g/mol. The highest BCUT2D eigenvalue weighted by molar-refractivity contribution is 7.10. The molecule has 0 N–H and O–H groups in total. The third kappa shape index (κ3) is 3.05. The Kier molecular flexibility index (Phi) is 3.89. The van der Waals surface area contributed by atoms with Crippen LogP contribution in [0.2, 0.25) is 0 Å². The summed E-state index contributed by atoms with van der Waals surface area (Å²) in [7, 11) is 0. The molecule has 18 heavy (non-hydrogen) atoms. The summed E-state index contributed by atoms with van der Waals surface area (Å²) in [4.78, 5) is 24.1. The number of Topliss-reactive ketones (excluding diaryl/α,β-unsaturated/α-hetero) is 1. The van der Waals surface area contributed by atoms with E-state index in [0.717, 1.165) is 4.88 Å². The molecule has 0 saturated heterocycles. The lowest BCUT2D eigenvalue weighted by Gasteiger charge is -2.07. The zero-order chi connectivity index (χ0) is 13.0. The summed E-state index contributed by atoms with van der Waals surface area (Å²) in [5.74, 6) is -0.146. The summed E-state index contributed by atoms with van der Waals surface area (Å²) in [5.41, 5.74) is 0.445. The van der Waals surface area contributed by atoms with Crippen LogP contribution in [0.5, 0.6) is 5.75 Å². The minimum Gasteiger partial charge on any atom is -0.426 e. The molecule has 0 aliphatic carbocycles. The van der Waals surface area contributed by atoms with Gasteiger partial charge in [0.15, 0.2) is 5.78 Å². The van der Waals surface area contributed by atoms with Crippen LogP contribution >= 0.6 is 11.3 Å². The maximum atomic E-state index is 12.1. The van der Waals surface area contributed by atoms with E-state index < -0.39 is 5.97 Å². The van der Waals surface area contributed by atoms with Gasteiger partial charge < -0.3 is 4.74 Å². The van der Waals surface area contributed by atoms with Gasteiger partial charge in [-0.1, -0.05) is 18.2 Å². The summed E-state index contributed by atoms with van der Waals surface area (Å²) in [6, 6.07) is 10.6. The van der Waals surface area contributed by atoms with Gasteiger partial charge in [0.05, 0.1) is 5.56 Å². The molecule has 0 aliphatic rings. The maximum absolute atomic E-state index is 12.1. The largest absolute Gasteiger partial charge is 0.426 e. The molecule has 0 aliphatic heterocycles. The maximum Gasteiger partial charge on any atom is 0.308 e. The zero-order valence-corrected chi connectivity index (χ0v) is 10.7. The molecule has 0 radical (unpaired) electrons. The van der Waals surface area contributed by atoms with E-state index in [1.165, 1.54) is 18.3 Å². The van der Waals surface area contributed by atoms with Crippen LogP contribution in [0.25, 0.3) is 0 Å². The van der Waals surface area contributed by atoms with Crippen molar-refractivity contribution in [3.05, 3.63) is 52.2 Å². The fourth-order valence-corrected chi connectivity index (χ4v) is 2.31. The van der Waals surface area contributed by atoms with Gasteiger partial charge in [-0.25, -0.2) is 0 Å². The first-order valence-corrected chi connectivity index (χ1v) is 6.38. The lowest BCUT2D eigenvalue weighted by molar-refractivity contribution is -0.131. The fourth-order valence-electron chi connectivity index (χ4n) is 1.61. The Balaban J connectivity index is 2.21. The van der Waals surface area contributed by atoms with Crippen LogP contribution in [-0.2, 0) is 11.2 Å². The minimum atomic E-state index is -0.425. The molecule has 1 aromatic carbocycles. The van der Waals surface area contributed by atoms with E-state index in [0.29, 0.717) is 17.7 Å². The van der Waals surface area contributed by atoms with Crippen LogP contribution in [0.3, 0.4) is 0 Å². The number of ketones is 1. The minimum absolute atomic E-state index is 0.0469. The van der Waals surface area contributed by atoms with Crippen LogP contribution in [0.15, 0.2) is 41.8 Å². The Morgan fingerprint density at radius 2 is 1.94 bits per heavy atom. The monoisotopic (exact) mass is 260 g/mol. The molecule has 0 fully saturated rings. The number of esters is 1. The van der Waals surface area contributed by atoms with Crippen LogP contribution < -0.4 is 4.74 Å². The van der Waals surface area contributed by atoms with E-state index in [1.54, 1.807) is 24.3 Å². The average Bonchev–Trinajstić information content (AvgIpc) is 2.81. The van der Waals surface area contributed by atoms with Gasteiger partial charge in [-0.2, -0.15) is 0 Å². The lowest BCUT2D eigenvalue weighted by Crippen LogP contribution is -2.09. The highest BCUT2D eigenvalue weighted by Crippen LogP contribution is 2.21. The Morgan fingerprint density at radius 3 is 2.61 bits per heavy atom. The van der Waals surface area contributed by atoms with Crippen molar-refractivity contribution in [2.75, 3.05) is 0 Å². The van der Waals surface area contributed by atoms with Crippen molar-refractivity contribution in [1.29, 1.82) is 0 Å². The van der Waals surface area contributed by atoms with Gasteiger partial charge in [-0.3, -0.25) is 9.59 Å². The molecule has 0 amide bonds. The Labute approximate surface area is 109 Å². The van der Waals surface area contributed by atoms with E-state index in [1.807, 2.05) is 17.5 Å². The normalized spacial score (nSPS) is 10.1. The standard InChI is InChI=1S/C14H12O3S/c1-10(15)17-14-7-3-2-6-12(14)13(16)9-11-5-4-8-18-11/h2-8H,9H2,1H3. The van der Waals surface area contributed by atoms with Gasteiger partial charge in [0.1, 0.15) is 5.75 Å². The number of para-hydroxylation sites is 1. The van der Waals surface area contributed by atoms with E-state index in [2.05, 4.69) is 0 Å². The number of carbonyl (C=O) groups is 2. The van der Waals surface area contributed by atoms with Crippen LogP contribution in [0.1, 0.15) is 22.2 Å². The fraction of sp³-hybridized carbons (Fsp3) is 0.143. The third-order valence-corrected chi connectivity index (χ3v) is 3.23. The molecule has 3 nitrogen and oxygen atoms in total.